The van der Waals surface area contributed by atoms with Crippen LogP contribution in [0, 0.1) is 0 Å². The summed E-state index contributed by atoms with van der Waals surface area (Å²) in [6.07, 6.45) is 2.66. The maximum atomic E-state index is 11.5. The van der Waals surface area contributed by atoms with Crippen molar-refractivity contribution < 1.29 is 19.1 Å². The maximum absolute atomic E-state index is 11.5. The van der Waals surface area contributed by atoms with Crippen molar-refractivity contribution in [2.45, 2.75) is 19.8 Å². The molecular weight excluding hydrogens is 210 g/mol. The number of hydrogen-bond acceptors (Lipinski definition) is 4. The molecule has 5 heteroatoms. The first-order valence-corrected chi connectivity index (χ1v) is 5.38. The van der Waals surface area contributed by atoms with E-state index in [-0.39, 0.29) is 12.1 Å². The summed E-state index contributed by atoms with van der Waals surface area (Å²) in [5, 5.41) is 0. The van der Waals surface area contributed by atoms with E-state index in [0.29, 0.717) is 38.1 Å². The summed E-state index contributed by atoms with van der Waals surface area (Å²) in [5.74, 6) is -0.283. The van der Waals surface area contributed by atoms with Crippen LogP contribution in [0.2, 0.25) is 0 Å². The standard InChI is InChI=1S/C11H17NO4/c1-3-16-10(13)9-5-4-7-12(8-6-9)11(14)15-2/h5H,3-4,6-8H2,1-2H3. The van der Waals surface area contributed by atoms with Gasteiger partial charge < -0.3 is 14.4 Å². The van der Waals surface area contributed by atoms with E-state index in [1.54, 1.807) is 11.8 Å². The summed E-state index contributed by atoms with van der Waals surface area (Å²) in [6, 6.07) is 0. The van der Waals surface area contributed by atoms with E-state index in [1.165, 1.54) is 7.11 Å². The number of carbonyl (C=O) groups is 2. The Labute approximate surface area is 95.0 Å². The van der Waals surface area contributed by atoms with Crippen LogP contribution in [-0.2, 0) is 14.3 Å². The SMILES string of the molecule is CCOC(=O)C1=CCCN(C(=O)OC)CC1. The van der Waals surface area contributed by atoms with Crippen molar-refractivity contribution in [2.24, 2.45) is 0 Å². The lowest BCUT2D eigenvalue weighted by Crippen LogP contribution is -2.32. The zero-order chi connectivity index (χ0) is 12.0. The van der Waals surface area contributed by atoms with Gasteiger partial charge in [-0.05, 0) is 19.8 Å². The van der Waals surface area contributed by atoms with Crippen LogP contribution in [0.3, 0.4) is 0 Å². The van der Waals surface area contributed by atoms with Crippen LogP contribution in [0.1, 0.15) is 19.8 Å². The molecule has 5 nitrogen and oxygen atoms in total. The van der Waals surface area contributed by atoms with Crippen molar-refractivity contribution in [1.82, 2.24) is 4.90 Å². The second-order valence-corrected chi connectivity index (χ2v) is 3.45. The fourth-order valence-corrected chi connectivity index (χ4v) is 1.58. The van der Waals surface area contributed by atoms with E-state index in [9.17, 15) is 9.59 Å². The number of methoxy groups -OCH3 is 1. The Hall–Kier alpha value is -1.52. The summed E-state index contributed by atoms with van der Waals surface area (Å²) in [6.45, 7) is 3.22. The van der Waals surface area contributed by atoms with Gasteiger partial charge in [-0.25, -0.2) is 9.59 Å². The average molecular weight is 227 g/mol. The first kappa shape index (κ1) is 12.5. The van der Waals surface area contributed by atoms with Crippen molar-refractivity contribution in [3.05, 3.63) is 11.6 Å². The quantitative estimate of drug-likeness (QED) is 0.668. The summed E-state index contributed by atoms with van der Waals surface area (Å²) in [4.78, 5) is 24.3. The largest absolute Gasteiger partial charge is 0.463 e. The molecule has 0 spiro atoms. The molecule has 1 heterocycles. The highest BCUT2D eigenvalue weighted by atomic mass is 16.5. The van der Waals surface area contributed by atoms with Gasteiger partial charge in [0.15, 0.2) is 0 Å². The molecule has 1 aliphatic heterocycles. The van der Waals surface area contributed by atoms with Gasteiger partial charge in [0.05, 0.1) is 13.7 Å². The Morgan fingerprint density at radius 1 is 1.44 bits per heavy atom. The lowest BCUT2D eigenvalue weighted by molar-refractivity contribution is -0.138. The molecule has 0 N–H and O–H groups in total. The Balaban J connectivity index is 2.53. The van der Waals surface area contributed by atoms with E-state index in [4.69, 9.17) is 4.74 Å². The van der Waals surface area contributed by atoms with Gasteiger partial charge in [0, 0.05) is 18.7 Å². The molecular formula is C11H17NO4. The molecule has 0 aromatic rings. The van der Waals surface area contributed by atoms with Crippen LogP contribution in [0.15, 0.2) is 11.6 Å². The van der Waals surface area contributed by atoms with E-state index >= 15 is 0 Å². The maximum Gasteiger partial charge on any atom is 0.409 e. The number of hydrogen-bond donors (Lipinski definition) is 0. The second kappa shape index (κ2) is 6.15. The monoisotopic (exact) mass is 227 g/mol. The Morgan fingerprint density at radius 3 is 2.81 bits per heavy atom. The summed E-state index contributed by atoms with van der Waals surface area (Å²) in [5.41, 5.74) is 0.647. The molecule has 0 saturated carbocycles. The van der Waals surface area contributed by atoms with Gasteiger partial charge in [-0.1, -0.05) is 6.08 Å². The predicted octanol–water partition coefficient (Wildman–Crippen LogP) is 1.34. The number of rotatable bonds is 2. The molecule has 0 unspecified atom stereocenters. The zero-order valence-corrected chi connectivity index (χ0v) is 9.69. The van der Waals surface area contributed by atoms with Crippen molar-refractivity contribution >= 4 is 12.1 Å². The van der Waals surface area contributed by atoms with Crippen molar-refractivity contribution in [3.63, 3.8) is 0 Å². The second-order valence-electron chi connectivity index (χ2n) is 3.45. The average Bonchev–Trinajstić information content (AvgIpc) is 2.53. The summed E-state index contributed by atoms with van der Waals surface area (Å²) < 4.78 is 9.55. The number of esters is 1. The van der Waals surface area contributed by atoms with E-state index in [2.05, 4.69) is 4.74 Å². The number of amides is 1. The van der Waals surface area contributed by atoms with Gasteiger partial charge in [-0.15, -0.1) is 0 Å². The summed E-state index contributed by atoms with van der Waals surface area (Å²) >= 11 is 0. The van der Waals surface area contributed by atoms with Crippen LogP contribution in [0.25, 0.3) is 0 Å². The Morgan fingerprint density at radius 2 is 2.19 bits per heavy atom. The van der Waals surface area contributed by atoms with Crippen LogP contribution < -0.4 is 0 Å². The fraction of sp³-hybridized carbons (Fsp3) is 0.636. The van der Waals surface area contributed by atoms with Crippen LogP contribution in [-0.4, -0.2) is 43.8 Å². The molecule has 0 bridgehead atoms. The van der Waals surface area contributed by atoms with Crippen molar-refractivity contribution in [1.29, 1.82) is 0 Å². The number of ether oxygens (including phenoxy) is 2. The van der Waals surface area contributed by atoms with Crippen LogP contribution in [0.4, 0.5) is 4.79 Å². The first-order chi connectivity index (χ1) is 7.69. The Kier molecular flexibility index (Phi) is 4.82. The predicted molar refractivity (Wildman–Crippen MR) is 57.9 cm³/mol. The van der Waals surface area contributed by atoms with Gasteiger partial charge in [0.25, 0.3) is 0 Å². The van der Waals surface area contributed by atoms with Crippen LogP contribution in [0.5, 0.6) is 0 Å². The smallest absolute Gasteiger partial charge is 0.409 e. The van der Waals surface area contributed by atoms with Gasteiger partial charge in [0.1, 0.15) is 0 Å². The highest BCUT2D eigenvalue weighted by Crippen LogP contribution is 2.13. The number of nitrogens with zero attached hydrogens (tertiary/aromatic N) is 1. The third-order valence-electron chi connectivity index (χ3n) is 2.41. The zero-order valence-electron chi connectivity index (χ0n) is 9.69. The topological polar surface area (TPSA) is 55.8 Å². The minimum Gasteiger partial charge on any atom is -0.463 e. The molecule has 0 aliphatic carbocycles. The van der Waals surface area contributed by atoms with Crippen molar-refractivity contribution in [2.75, 3.05) is 26.8 Å². The molecule has 90 valence electrons. The van der Waals surface area contributed by atoms with E-state index in [1.807, 2.05) is 6.08 Å². The molecule has 1 aliphatic rings. The lowest BCUT2D eigenvalue weighted by Gasteiger charge is -2.18. The highest BCUT2D eigenvalue weighted by Gasteiger charge is 2.19. The molecule has 0 saturated heterocycles. The third-order valence-corrected chi connectivity index (χ3v) is 2.41. The van der Waals surface area contributed by atoms with Crippen LogP contribution >= 0.6 is 0 Å². The molecule has 1 rings (SSSR count). The summed E-state index contributed by atoms with van der Waals surface area (Å²) in [7, 11) is 1.35. The molecule has 0 aromatic heterocycles. The highest BCUT2D eigenvalue weighted by molar-refractivity contribution is 5.88. The number of carbonyl (C=O) groups excluding carboxylic acids is 2. The normalized spacial score (nSPS) is 16.1. The minimum absolute atomic E-state index is 0.283. The fourth-order valence-electron chi connectivity index (χ4n) is 1.58. The van der Waals surface area contributed by atoms with Gasteiger partial charge in [-0.3, -0.25) is 0 Å². The van der Waals surface area contributed by atoms with Crippen molar-refractivity contribution in [3.8, 4) is 0 Å². The molecule has 0 aromatic carbocycles. The van der Waals surface area contributed by atoms with Gasteiger partial charge in [0.2, 0.25) is 0 Å². The molecule has 0 fully saturated rings. The van der Waals surface area contributed by atoms with E-state index in [0.717, 1.165) is 0 Å². The van der Waals surface area contributed by atoms with Gasteiger partial charge in [-0.2, -0.15) is 0 Å². The molecule has 0 radical (unpaired) electrons. The lowest BCUT2D eigenvalue weighted by atomic mass is 10.2. The van der Waals surface area contributed by atoms with Gasteiger partial charge >= 0.3 is 12.1 Å². The molecule has 16 heavy (non-hydrogen) atoms. The van der Waals surface area contributed by atoms with E-state index < -0.39 is 0 Å². The first-order valence-electron chi connectivity index (χ1n) is 5.38. The minimum atomic E-state index is -0.349. The molecule has 1 amide bonds. The third kappa shape index (κ3) is 3.25. The molecule has 0 atom stereocenters. The Bertz CT molecular complexity index is 298.